The number of hydrogen-bond donors (Lipinski definition) is 3. The van der Waals surface area contributed by atoms with Crippen molar-refractivity contribution in [2.75, 3.05) is 0 Å². The quantitative estimate of drug-likeness (QED) is 0.338. The van der Waals surface area contributed by atoms with Crippen molar-refractivity contribution >= 4 is 21.7 Å². The maximum absolute atomic E-state index is 12.5. The van der Waals surface area contributed by atoms with Gasteiger partial charge in [-0.2, -0.15) is 18.6 Å². The molecule has 3 rings (SSSR count). The van der Waals surface area contributed by atoms with Gasteiger partial charge in [0.15, 0.2) is 11.6 Å². The molecule has 0 spiro atoms. The van der Waals surface area contributed by atoms with Crippen LogP contribution in [0.3, 0.4) is 0 Å². The van der Waals surface area contributed by atoms with Crippen molar-refractivity contribution in [2.24, 2.45) is 5.90 Å². The van der Waals surface area contributed by atoms with Crippen molar-refractivity contribution in [3.63, 3.8) is 0 Å². The van der Waals surface area contributed by atoms with E-state index in [1.807, 2.05) is 0 Å². The van der Waals surface area contributed by atoms with E-state index in [0.717, 1.165) is 12.1 Å². The topological polar surface area (TPSA) is 144 Å². The third-order valence-corrected chi connectivity index (χ3v) is 4.64. The van der Waals surface area contributed by atoms with E-state index in [-0.39, 0.29) is 53.4 Å². The Bertz CT molecular complexity index is 991. The molecule has 1 aliphatic carbocycles. The number of carbonyl (C=O) groups is 2. The van der Waals surface area contributed by atoms with Crippen LogP contribution < -0.4 is 35.5 Å². The Morgan fingerprint density at radius 2 is 1.54 bits per heavy atom. The summed E-state index contributed by atoms with van der Waals surface area (Å²) in [5, 5.41) is 19.9. The Kier molecular flexibility index (Phi) is 4.86. The van der Waals surface area contributed by atoms with Crippen LogP contribution in [0.2, 0.25) is 0 Å². The predicted molar refractivity (Wildman–Crippen MR) is 76.6 cm³/mol. The second-order valence-electron chi connectivity index (χ2n) is 4.74. The first-order valence-corrected chi connectivity index (χ1v) is 7.61. The van der Waals surface area contributed by atoms with E-state index in [1.165, 1.54) is 18.2 Å². The first-order valence-electron chi connectivity index (χ1n) is 6.20. The third kappa shape index (κ3) is 2.55. The second-order valence-corrected chi connectivity index (χ2v) is 6.28. The number of phenolic OH excluding ortho intramolecular Hbond substituents is 2. The smallest absolute Gasteiger partial charge is 1.00 e. The number of ketones is 2. The normalized spacial score (nSPS) is 13.0. The van der Waals surface area contributed by atoms with Crippen LogP contribution in [0.5, 0.6) is 11.5 Å². The summed E-state index contributed by atoms with van der Waals surface area (Å²) in [5.41, 5.74) is -1.04. The van der Waals surface area contributed by atoms with E-state index in [9.17, 15) is 28.2 Å². The van der Waals surface area contributed by atoms with Gasteiger partial charge in [0.1, 0.15) is 16.4 Å². The standard InChI is InChI=1S/C14H9NO7S.Na.H/c15-22-23(20,21)9-5-4-7-11(14(9)19)13(18)6-2-1-3-8(16)10(6)12(7)17;;/h1-5,16,19H,15H2;;/q;+1;-1. The molecule has 2 aromatic carbocycles. The van der Waals surface area contributed by atoms with Crippen molar-refractivity contribution < 1.29 is 63.5 Å². The SMILES string of the molecule is NOS(=O)(=O)c1ccc2c(c1O)C(=O)c1cccc(O)c1C2=O.[H-].[Na+]. The van der Waals surface area contributed by atoms with Gasteiger partial charge in [-0.1, -0.05) is 12.1 Å². The van der Waals surface area contributed by atoms with Gasteiger partial charge in [0, 0.05) is 11.1 Å². The molecule has 1 aliphatic rings. The Hall–Kier alpha value is -1.75. The average molecular weight is 359 g/mol. The first-order chi connectivity index (χ1) is 10.8. The molecule has 0 atom stereocenters. The van der Waals surface area contributed by atoms with E-state index in [4.69, 9.17) is 0 Å². The molecule has 8 nitrogen and oxygen atoms in total. The minimum Gasteiger partial charge on any atom is -1.00 e. The van der Waals surface area contributed by atoms with E-state index in [1.54, 1.807) is 0 Å². The number of aromatic hydroxyl groups is 2. The van der Waals surface area contributed by atoms with Gasteiger partial charge in [-0.25, -0.2) is 0 Å². The van der Waals surface area contributed by atoms with Gasteiger partial charge in [0.2, 0.25) is 0 Å². The van der Waals surface area contributed by atoms with Crippen molar-refractivity contribution in [1.29, 1.82) is 0 Å². The van der Waals surface area contributed by atoms with Crippen LogP contribution in [0.15, 0.2) is 35.2 Å². The summed E-state index contributed by atoms with van der Waals surface area (Å²) in [6, 6.07) is 5.84. The Balaban J connectivity index is 0.00000156. The van der Waals surface area contributed by atoms with E-state index in [2.05, 4.69) is 10.2 Å². The van der Waals surface area contributed by atoms with Crippen molar-refractivity contribution in [3.05, 3.63) is 52.6 Å². The van der Waals surface area contributed by atoms with Gasteiger partial charge < -0.3 is 11.6 Å². The van der Waals surface area contributed by atoms with Crippen LogP contribution >= 0.6 is 0 Å². The zero-order chi connectivity index (χ0) is 16.9. The number of benzene rings is 2. The molecule has 0 radical (unpaired) electrons. The molecule has 4 N–H and O–H groups in total. The largest absolute Gasteiger partial charge is 1.00 e. The number of fused-ring (bicyclic) bond motifs is 2. The summed E-state index contributed by atoms with van der Waals surface area (Å²) < 4.78 is 27.1. The molecule has 0 aliphatic heterocycles. The molecular formula is C14H10NNaO7S. The summed E-state index contributed by atoms with van der Waals surface area (Å²) >= 11 is 0. The number of rotatable bonds is 2. The fourth-order valence-electron chi connectivity index (χ4n) is 2.48. The second kappa shape index (κ2) is 6.28. The first kappa shape index (κ1) is 18.6. The van der Waals surface area contributed by atoms with Crippen molar-refractivity contribution in [1.82, 2.24) is 0 Å². The zero-order valence-electron chi connectivity index (χ0n) is 13.3. The molecule has 0 fully saturated rings. The fraction of sp³-hybridized carbons (Fsp3) is 0. The average Bonchev–Trinajstić information content (AvgIpc) is 2.52. The molecule has 0 heterocycles. The maximum Gasteiger partial charge on any atom is 1.00 e. The molecule has 0 unspecified atom stereocenters. The molecule has 0 bridgehead atoms. The van der Waals surface area contributed by atoms with Gasteiger partial charge in [-0.05, 0) is 18.2 Å². The van der Waals surface area contributed by atoms with Gasteiger partial charge in [-0.15, -0.1) is 0 Å². The number of phenols is 2. The molecule has 10 heteroatoms. The molecule has 0 saturated heterocycles. The molecule has 2 aromatic rings. The third-order valence-electron chi connectivity index (χ3n) is 3.52. The maximum atomic E-state index is 12.5. The monoisotopic (exact) mass is 359 g/mol. The van der Waals surface area contributed by atoms with Gasteiger partial charge >= 0.3 is 39.7 Å². The minimum atomic E-state index is -4.47. The van der Waals surface area contributed by atoms with E-state index >= 15 is 0 Å². The molecular weight excluding hydrogens is 349 g/mol. The van der Waals surface area contributed by atoms with Crippen LogP contribution in [0.1, 0.15) is 33.3 Å². The summed E-state index contributed by atoms with van der Waals surface area (Å²) in [4.78, 5) is 24.2. The van der Waals surface area contributed by atoms with Crippen LogP contribution in [0, 0.1) is 0 Å². The summed E-state index contributed by atoms with van der Waals surface area (Å²) in [6.07, 6.45) is 0. The number of carbonyl (C=O) groups excluding carboxylic acids is 2. The van der Waals surface area contributed by atoms with Crippen molar-refractivity contribution in [2.45, 2.75) is 4.90 Å². The van der Waals surface area contributed by atoms with Gasteiger partial charge in [0.25, 0.3) is 0 Å². The molecule has 0 aromatic heterocycles. The summed E-state index contributed by atoms with van der Waals surface area (Å²) in [7, 11) is -4.47. The molecule has 24 heavy (non-hydrogen) atoms. The minimum absolute atomic E-state index is 0. The summed E-state index contributed by atoms with van der Waals surface area (Å²) in [6.45, 7) is 0. The van der Waals surface area contributed by atoms with Crippen LogP contribution in [-0.2, 0) is 14.4 Å². The van der Waals surface area contributed by atoms with Crippen molar-refractivity contribution in [3.8, 4) is 11.5 Å². The Labute approximate surface area is 159 Å². The molecule has 0 saturated carbocycles. The summed E-state index contributed by atoms with van der Waals surface area (Å²) in [5.74, 6) is 1.84. The molecule has 0 amide bonds. The fourth-order valence-corrected chi connectivity index (χ4v) is 3.16. The van der Waals surface area contributed by atoms with Gasteiger partial charge in [-0.3, -0.25) is 9.59 Å². The van der Waals surface area contributed by atoms with E-state index in [0.29, 0.717) is 0 Å². The predicted octanol–water partition coefficient (Wildman–Crippen LogP) is -2.43. The van der Waals surface area contributed by atoms with E-state index < -0.39 is 37.9 Å². The van der Waals surface area contributed by atoms with Crippen LogP contribution in [0.25, 0.3) is 0 Å². The van der Waals surface area contributed by atoms with Crippen LogP contribution in [0.4, 0.5) is 0 Å². The Morgan fingerprint density at radius 1 is 0.958 bits per heavy atom. The molecule has 120 valence electrons. The van der Waals surface area contributed by atoms with Crippen LogP contribution in [-0.4, -0.2) is 30.2 Å². The zero-order valence-corrected chi connectivity index (χ0v) is 15.1. The Morgan fingerprint density at radius 3 is 2.17 bits per heavy atom. The van der Waals surface area contributed by atoms with Gasteiger partial charge in [0.05, 0.1) is 11.1 Å². The number of nitrogens with two attached hydrogens (primary N) is 1. The number of hydrogen-bond acceptors (Lipinski definition) is 8.